The van der Waals surface area contributed by atoms with Gasteiger partial charge < -0.3 is 10.5 Å². The second-order valence-electron chi connectivity index (χ2n) is 8.24. The molecule has 2 fully saturated rings. The van der Waals surface area contributed by atoms with Gasteiger partial charge in [0.1, 0.15) is 0 Å². The van der Waals surface area contributed by atoms with E-state index in [1.807, 2.05) is 0 Å². The average Bonchev–Trinajstić information content (AvgIpc) is 2.25. The summed E-state index contributed by atoms with van der Waals surface area (Å²) in [5.41, 5.74) is 6.51. The lowest BCUT2D eigenvalue weighted by atomic mass is 9.71. The van der Waals surface area contributed by atoms with Crippen LogP contribution in [0.15, 0.2) is 0 Å². The van der Waals surface area contributed by atoms with Gasteiger partial charge >= 0.3 is 0 Å². The van der Waals surface area contributed by atoms with E-state index in [9.17, 15) is 0 Å². The molecule has 2 saturated carbocycles. The summed E-state index contributed by atoms with van der Waals surface area (Å²) in [6.45, 7) is 10.2. The third-order valence-electron chi connectivity index (χ3n) is 5.19. The highest BCUT2D eigenvalue weighted by Crippen LogP contribution is 2.43. The molecule has 2 N–H and O–H groups in total. The van der Waals surface area contributed by atoms with E-state index in [1.165, 1.54) is 38.5 Å². The molecule has 0 aromatic carbocycles. The zero-order valence-corrected chi connectivity index (χ0v) is 13.4. The van der Waals surface area contributed by atoms with Crippen molar-refractivity contribution in [2.24, 2.45) is 23.0 Å². The van der Waals surface area contributed by atoms with Gasteiger partial charge in [0.2, 0.25) is 0 Å². The first kappa shape index (κ1) is 15.3. The molecule has 0 aromatic heterocycles. The van der Waals surface area contributed by atoms with Crippen molar-refractivity contribution in [2.75, 3.05) is 6.54 Å². The average molecular weight is 267 g/mol. The summed E-state index contributed by atoms with van der Waals surface area (Å²) in [6.07, 6.45) is 9.13. The van der Waals surface area contributed by atoms with Crippen molar-refractivity contribution in [1.29, 1.82) is 0 Å². The molecule has 2 aliphatic carbocycles. The van der Waals surface area contributed by atoms with E-state index in [2.05, 4.69) is 27.7 Å². The van der Waals surface area contributed by atoms with Crippen LogP contribution in [-0.2, 0) is 4.74 Å². The second-order valence-corrected chi connectivity index (χ2v) is 8.24. The van der Waals surface area contributed by atoms with Crippen LogP contribution in [0, 0.1) is 17.3 Å². The Hall–Kier alpha value is -0.0800. The number of nitrogens with two attached hydrogens (primary N) is 1. The minimum Gasteiger partial charge on any atom is -0.370 e. The molecule has 0 amide bonds. The van der Waals surface area contributed by atoms with Gasteiger partial charge in [-0.25, -0.2) is 0 Å². The molecule has 2 nitrogen and oxygen atoms in total. The lowest BCUT2D eigenvalue weighted by Crippen LogP contribution is -2.48. The molecule has 4 atom stereocenters. The van der Waals surface area contributed by atoms with Crippen molar-refractivity contribution in [3.63, 3.8) is 0 Å². The molecule has 0 aliphatic heterocycles. The van der Waals surface area contributed by atoms with Gasteiger partial charge in [0.05, 0.1) is 11.7 Å². The molecule has 0 saturated heterocycles. The van der Waals surface area contributed by atoms with Gasteiger partial charge in [-0.3, -0.25) is 0 Å². The predicted octanol–water partition coefficient (Wildman–Crippen LogP) is 4.13. The van der Waals surface area contributed by atoms with E-state index in [1.54, 1.807) is 0 Å². The maximum absolute atomic E-state index is 6.62. The first-order chi connectivity index (χ1) is 8.84. The van der Waals surface area contributed by atoms with E-state index in [0.717, 1.165) is 18.3 Å². The lowest BCUT2D eigenvalue weighted by molar-refractivity contribution is -0.143. The number of hydrogen-bond donors (Lipinski definition) is 1. The van der Waals surface area contributed by atoms with Crippen LogP contribution in [-0.4, -0.2) is 18.2 Å². The topological polar surface area (TPSA) is 35.2 Å². The summed E-state index contributed by atoms with van der Waals surface area (Å²) < 4.78 is 6.62. The van der Waals surface area contributed by atoms with Crippen LogP contribution in [0.5, 0.6) is 0 Å². The molecule has 0 radical (unpaired) electrons. The van der Waals surface area contributed by atoms with Gasteiger partial charge in [0, 0.05) is 6.54 Å². The van der Waals surface area contributed by atoms with Crippen LogP contribution >= 0.6 is 0 Å². The van der Waals surface area contributed by atoms with Gasteiger partial charge in [0.15, 0.2) is 0 Å². The van der Waals surface area contributed by atoms with E-state index in [0.29, 0.717) is 18.1 Å². The third kappa shape index (κ3) is 3.95. The third-order valence-corrected chi connectivity index (χ3v) is 5.19. The standard InChI is InChI=1S/C17H33NO/c1-13-6-5-7-17(10-13,12-18)19-15-8-14(2)9-16(3,4)11-15/h13-15H,5-12,18H2,1-4H3. The SMILES string of the molecule is CC1CC(OC2(CN)CCCC(C)C2)CC(C)(C)C1. The van der Waals surface area contributed by atoms with Gasteiger partial charge in [-0.05, 0) is 49.4 Å². The molecule has 0 aromatic rings. The van der Waals surface area contributed by atoms with Crippen LogP contribution < -0.4 is 5.73 Å². The maximum atomic E-state index is 6.62. The molecular weight excluding hydrogens is 234 g/mol. The van der Waals surface area contributed by atoms with Crippen LogP contribution in [0.1, 0.15) is 72.6 Å². The Morgan fingerprint density at radius 3 is 2.42 bits per heavy atom. The van der Waals surface area contributed by atoms with Gasteiger partial charge in [0.25, 0.3) is 0 Å². The summed E-state index contributed by atoms with van der Waals surface area (Å²) in [6, 6.07) is 0. The fraction of sp³-hybridized carbons (Fsp3) is 1.00. The molecule has 0 bridgehead atoms. The Bertz CT molecular complexity index is 302. The van der Waals surface area contributed by atoms with Crippen LogP contribution in [0.25, 0.3) is 0 Å². The van der Waals surface area contributed by atoms with Gasteiger partial charge in [-0.2, -0.15) is 0 Å². The van der Waals surface area contributed by atoms with Crippen molar-refractivity contribution in [3.8, 4) is 0 Å². The Morgan fingerprint density at radius 2 is 1.84 bits per heavy atom. The Kier molecular flexibility index (Phi) is 4.62. The second kappa shape index (κ2) is 5.73. The largest absolute Gasteiger partial charge is 0.370 e. The summed E-state index contributed by atoms with van der Waals surface area (Å²) in [4.78, 5) is 0. The van der Waals surface area contributed by atoms with Crippen molar-refractivity contribution >= 4 is 0 Å². The van der Waals surface area contributed by atoms with Crippen LogP contribution in [0.3, 0.4) is 0 Å². The number of rotatable bonds is 3. The highest BCUT2D eigenvalue weighted by Gasteiger charge is 2.40. The molecular formula is C17H33NO. The smallest absolute Gasteiger partial charge is 0.0810 e. The van der Waals surface area contributed by atoms with Crippen LogP contribution in [0.2, 0.25) is 0 Å². The van der Waals surface area contributed by atoms with Crippen molar-refractivity contribution < 1.29 is 4.74 Å². The highest BCUT2D eigenvalue weighted by atomic mass is 16.5. The lowest BCUT2D eigenvalue weighted by Gasteiger charge is -2.46. The van der Waals surface area contributed by atoms with Crippen molar-refractivity contribution in [2.45, 2.75) is 84.3 Å². The molecule has 19 heavy (non-hydrogen) atoms. The highest BCUT2D eigenvalue weighted by molar-refractivity contribution is 4.91. The van der Waals surface area contributed by atoms with Gasteiger partial charge in [-0.15, -0.1) is 0 Å². The van der Waals surface area contributed by atoms with E-state index < -0.39 is 0 Å². The first-order valence-electron chi connectivity index (χ1n) is 8.22. The minimum absolute atomic E-state index is 0.0184. The number of ether oxygens (including phenoxy) is 1. The summed E-state index contributed by atoms with van der Waals surface area (Å²) in [7, 11) is 0. The molecule has 0 spiro atoms. The van der Waals surface area contributed by atoms with Gasteiger partial charge in [-0.1, -0.05) is 40.5 Å². The van der Waals surface area contributed by atoms with E-state index in [-0.39, 0.29) is 5.60 Å². The molecule has 2 rings (SSSR count). The zero-order chi connectivity index (χ0) is 14.1. The molecule has 112 valence electrons. The van der Waals surface area contributed by atoms with Crippen molar-refractivity contribution in [3.05, 3.63) is 0 Å². The molecule has 2 heteroatoms. The Morgan fingerprint density at radius 1 is 1.11 bits per heavy atom. The fourth-order valence-electron chi connectivity index (χ4n) is 4.65. The maximum Gasteiger partial charge on any atom is 0.0810 e. The summed E-state index contributed by atoms with van der Waals surface area (Å²) in [5, 5.41) is 0. The zero-order valence-electron chi connectivity index (χ0n) is 13.4. The quantitative estimate of drug-likeness (QED) is 0.834. The monoisotopic (exact) mass is 267 g/mol. The van der Waals surface area contributed by atoms with E-state index >= 15 is 0 Å². The minimum atomic E-state index is -0.0184. The Balaban J connectivity index is 2.01. The molecule has 0 heterocycles. The molecule has 2 aliphatic rings. The first-order valence-corrected chi connectivity index (χ1v) is 8.22. The predicted molar refractivity (Wildman–Crippen MR) is 81.1 cm³/mol. The summed E-state index contributed by atoms with van der Waals surface area (Å²) >= 11 is 0. The fourth-order valence-corrected chi connectivity index (χ4v) is 4.65. The van der Waals surface area contributed by atoms with Crippen molar-refractivity contribution in [1.82, 2.24) is 0 Å². The summed E-state index contributed by atoms with van der Waals surface area (Å²) in [5.74, 6) is 1.55. The number of hydrogen-bond acceptors (Lipinski definition) is 2. The Labute approximate surface area is 119 Å². The molecule has 4 unspecified atom stereocenters. The normalized spacial score (nSPS) is 43.1. The van der Waals surface area contributed by atoms with E-state index in [4.69, 9.17) is 10.5 Å². The van der Waals surface area contributed by atoms with Crippen LogP contribution in [0.4, 0.5) is 0 Å².